The van der Waals surface area contributed by atoms with Crippen molar-refractivity contribution < 1.29 is 14.6 Å². The normalized spacial score (nSPS) is 12.3. The van der Waals surface area contributed by atoms with E-state index < -0.39 is 5.97 Å². The highest BCUT2D eigenvalue weighted by molar-refractivity contribution is 8.00. The first-order chi connectivity index (χ1) is 17.2. The number of carbonyl (C=O) groups is 1. The molecule has 198 valence electrons. The number of fused-ring (bicyclic) bond motifs is 1. The van der Waals surface area contributed by atoms with Crippen LogP contribution in [0.15, 0.2) is 24.3 Å². The zero-order valence-corrected chi connectivity index (χ0v) is 23.3. The van der Waals surface area contributed by atoms with Gasteiger partial charge in [-0.1, -0.05) is 120 Å². The van der Waals surface area contributed by atoms with Crippen LogP contribution in [0.1, 0.15) is 103 Å². The van der Waals surface area contributed by atoms with Crippen molar-refractivity contribution in [1.29, 1.82) is 0 Å². The molecule has 1 heterocycles. The largest absolute Gasteiger partial charge is 0.480 e. The monoisotopic (exact) mass is 522 g/mol. The molecule has 0 aliphatic heterocycles. The molecule has 35 heavy (non-hydrogen) atoms. The van der Waals surface area contributed by atoms with Crippen molar-refractivity contribution in [2.24, 2.45) is 0 Å². The van der Waals surface area contributed by atoms with Crippen LogP contribution >= 0.6 is 23.1 Å². The number of benzene rings is 1. The molecule has 0 bridgehead atoms. The van der Waals surface area contributed by atoms with Gasteiger partial charge in [0.2, 0.25) is 0 Å². The molecule has 2 rings (SSSR count). The lowest BCUT2D eigenvalue weighted by atomic mass is 10.0. The standard InChI is InChI=1S/C28H46N2O3S2/c1-2-3-4-5-6-7-8-9-10-11-12-13-14-15-20-26(27(31)32)34-22-21-33-23-29-28-30-24-18-16-17-19-25(24)35-28/h16-19,26H,2-15,20-23H2,1H3,(H,29,30)(H,31,32). The summed E-state index contributed by atoms with van der Waals surface area (Å²) in [7, 11) is 0. The first kappa shape index (κ1) is 29.9. The molecule has 0 spiro atoms. The third-order valence-corrected chi connectivity index (χ3v) is 8.50. The minimum absolute atomic E-state index is 0.326. The maximum atomic E-state index is 11.6. The van der Waals surface area contributed by atoms with Crippen LogP contribution in [0, 0.1) is 0 Å². The van der Waals surface area contributed by atoms with Crippen molar-refractivity contribution >= 4 is 44.4 Å². The van der Waals surface area contributed by atoms with Gasteiger partial charge in [0.25, 0.3) is 0 Å². The first-order valence-corrected chi connectivity index (χ1v) is 15.6. The predicted octanol–water partition coefficient (Wildman–Crippen LogP) is 8.74. The average Bonchev–Trinajstić information content (AvgIpc) is 3.27. The summed E-state index contributed by atoms with van der Waals surface area (Å²) < 4.78 is 6.78. The number of hydrogen-bond donors (Lipinski definition) is 2. The lowest BCUT2D eigenvalue weighted by Gasteiger charge is -2.12. The second kappa shape index (κ2) is 19.8. The van der Waals surface area contributed by atoms with Crippen molar-refractivity contribution in [3.8, 4) is 0 Å². The third-order valence-electron chi connectivity index (χ3n) is 6.26. The summed E-state index contributed by atoms with van der Waals surface area (Å²) in [6, 6.07) is 8.05. The number of aromatic nitrogens is 1. The quantitative estimate of drug-likeness (QED) is 0.112. The van der Waals surface area contributed by atoms with Crippen molar-refractivity contribution in [2.75, 3.05) is 24.4 Å². The molecule has 5 nitrogen and oxygen atoms in total. The minimum Gasteiger partial charge on any atom is -0.480 e. The number of aliphatic carboxylic acids is 1. The van der Waals surface area contributed by atoms with Crippen molar-refractivity contribution in [3.05, 3.63) is 24.3 Å². The molecule has 1 aromatic heterocycles. The van der Waals surface area contributed by atoms with E-state index in [1.807, 2.05) is 18.2 Å². The Labute approximate surface area is 220 Å². The van der Waals surface area contributed by atoms with Crippen LogP contribution in [-0.2, 0) is 9.53 Å². The van der Waals surface area contributed by atoms with Gasteiger partial charge in [-0.25, -0.2) is 4.98 Å². The highest BCUT2D eigenvalue weighted by atomic mass is 32.2. The van der Waals surface area contributed by atoms with Gasteiger partial charge in [-0.2, -0.15) is 0 Å². The number of nitrogens with zero attached hydrogens (tertiary/aromatic N) is 1. The van der Waals surface area contributed by atoms with E-state index in [9.17, 15) is 9.90 Å². The Morgan fingerprint density at radius 1 is 0.971 bits per heavy atom. The van der Waals surface area contributed by atoms with Gasteiger partial charge in [-0.05, 0) is 18.6 Å². The van der Waals surface area contributed by atoms with E-state index in [4.69, 9.17) is 4.74 Å². The number of hydrogen-bond acceptors (Lipinski definition) is 6. The number of thiazole rings is 1. The van der Waals surface area contributed by atoms with Crippen molar-refractivity contribution in [2.45, 2.75) is 108 Å². The van der Waals surface area contributed by atoms with Gasteiger partial charge in [0.1, 0.15) is 12.0 Å². The number of unbranched alkanes of at least 4 members (excludes halogenated alkanes) is 13. The van der Waals surface area contributed by atoms with E-state index in [0.717, 1.165) is 34.6 Å². The van der Waals surface area contributed by atoms with Crippen LogP contribution < -0.4 is 5.32 Å². The van der Waals surface area contributed by atoms with E-state index in [1.165, 1.54) is 88.8 Å². The van der Waals surface area contributed by atoms with Crippen LogP contribution in [0.25, 0.3) is 10.2 Å². The maximum absolute atomic E-state index is 11.6. The summed E-state index contributed by atoms with van der Waals surface area (Å²) in [5, 5.41) is 13.2. The number of para-hydroxylation sites is 1. The number of thioether (sulfide) groups is 1. The van der Waals surface area contributed by atoms with E-state index in [-0.39, 0.29) is 5.25 Å². The second-order valence-corrected chi connectivity index (χ2v) is 11.6. The molecule has 1 aromatic carbocycles. The molecular weight excluding hydrogens is 476 g/mol. The summed E-state index contributed by atoms with van der Waals surface area (Å²) in [5.74, 6) is -0.00539. The molecule has 0 aliphatic rings. The molecule has 0 radical (unpaired) electrons. The van der Waals surface area contributed by atoms with Gasteiger partial charge in [-0.15, -0.1) is 11.8 Å². The Balaban J connectivity index is 1.39. The molecule has 0 saturated carbocycles. The molecule has 7 heteroatoms. The predicted molar refractivity (Wildman–Crippen MR) is 153 cm³/mol. The van der Waals surface area contributed by atoms with Crippen LogP contribution in [0.4, 0.5) is 5.13 Å². The fraction of sp³-hybridized carbons (Fsp3) is 0.714. The van der Waals surface area contributed by atoms with E-state index in [0.29, 0.717) is 19.1 Å². The minimum atomic E-state index is -0.697. The summed E-state index contributed by atoms with van der Waals surface area (Å²) >= 11 is 3.11. The molecule has 0 aliphatic carbocycles. The zero-order chi connectivity index (χ0) is 25.0. The fourth-order valence-corrected chi connectivity index (χ4v) is 6.01. The van der Waals surface area contributed by atoms with Crippen LogP contribution in [-0.4, -0.2) is 40.4 Å². The Hall–Kier alpha value is -1.31. The second-order valence-electron chi connectivity index (χ2n) is 9.30. The number of ether oxygens (including phenoxy) is 1. The smallest absolute Gasteiger partial charge is 0.316 e. The molecule has 2 aromatic rings. The lowest BCUT2D eigenvalue weighted by Crippen LogP contribution is -2.18. The van der Waals surface area contributed by atoms with Gasteiger partial charge >= 0.3 is 5.97 Å². The maximum Gasteiger partial charge on any atom is 0.316 e. The van der Waals surface area contributed by atoms with Gasteiger partial charge in [0.15, 0.2) is 5.13 Å². The topological polar surface area (TPSA) is 71.5 Å². The average molecular weight is 523 g/mol. The summed E-state index contributed by atoms with van der Waals surface area (Å²) in [4.78, 5) is 16.1. The SMILES string of the molecule is CCCCCCCCCCCCCCCCC(SCCOCNc1nc2ccccc2s1)C(=O)O. The first-order valence-electron chi connectivity index (χ1n) is 13.7. The van der Waals surface area contributed by atoms with Gasteiger partial charge in [0, 0.05) is 5.75 Å². The number of carboxylic acids is 1. The molecule has 1 unspecified atom stereocenters. The van der Waals surface area contributed by atoms with E-state index >= 15 is 0 Å². The van der Waals surface area contributed by atoms with Crippen molar-refractivity contribution in [1.82, 2.24) is 4.98 Å². The molecule has 2 N–H and O–H groups in total. The van der Waals surface area contributed by atoms with Gasteiger partial charge < -0.3 is 15.2 Å². The van der Waals surface area contributed by atoms with Gasteiger partial charge in [-0.3, -0.25) is 4.79 Å². The highest BCUT2D eigenvalue weighted by Crippen LogP contribution is 2.25. The van der Waals surface area contributed by atoms with Crippen LogP contribution in [0.3, 0.4) is 0 Å². The Kier molecular flexibility index (Phi) is 16.9. The van der Waals surface area contributed by atoms with E-state index in [1.54, 1.807) is 11.3 Å². The Bertz CT molecular complexity index is 766. The summed E-state index contributed by atoms with van der Waals surface area (Å²) in [6.07, 6.45) is 19.2. The van der Waals surface area contributed by atoms with Crippen molar-refractivity contribution in [3.63, 3.8) is 0 Å². The third kappa shape index (κ3) is 14.1. The van der Waals surface area contributed by atoms with Crippen LogP contribution in [0.2, 0.25) is 0 Å². The molecule has 1 atom stereocenters. The molecular formula is C28H46N2O3S2. The number of rotatable bonds is 23. The number of anilines is 1. The van der Waals surface area contributed by atoms with Crippen LogP contribution in [0.5, 0.6) is 0 Å². The lowest BCUT2D eigenvalue weighted by molar-refractivity contribution is -0.136. The highest BCUT2D eigenvalue weighted by Gasteiger charge is 2.17. The molecule has 0 fully saturated rings. The summed E-state index contributed by atoms with van der Waals surface area (Å²) in [6.45, 7) is 3.19. The fourth-order valence-electron chi connectivity index (χ4n) is 4.18. The molecule has 0 amide bonds. The number of carboxylic acid groups (broad SMARTS) is 1. The number of nitrogens with one attached hydrogen (secondary N) is 1. The van der Waals surface area contributed by atoms with Gasteiger partial charge in [0.05, 0.1) is 16.8 Å². The zero-order valence-electron chi connectivity index (χ0n) is 21.6. The Morgan fingerprint density at radius 2 is 1.57 bits per heavy atom. The van der Waals surface area contributed by atoms with E-state index in [2.05, 4.69) is 23.3 Å². The Morgan fingerprint density at radius 3 is 2.17 bits per heavy atom. The summed E-state index contributed by atoms with van der Waals surface area (Å²) in [5.41, 5.74) is 0.989. The molecule has 0 saturated heterocycles.